The molecule has 3 heteroatoms. The van der Waals surface area contributed by atoms with Crippen LogP contribution in [0.25, 0.3) is 27.5 Å². The molecule has 4 aromatic rings. The molecule has 0 saturated heterocycles. The molecule has 0 spiro atoms. The van der Waals surface area contributed by atoms with Gasteiger partial charge >= 0.3 is 0 Å². The van der Waals surface area contributed by atoms with Gasteiger partial charge in [-0.15, -0.1) is 0 Å². The van der Waals surface area contributed by atoms with Crippen LogP contribution in [0.2, 0.25) is 0 Å². The second-order valence-electron chi connectivity index (χ2n) is 11.2. The van der Waals surface area contributed by atoms with Gasteiger partial charge in [0.05, 0.1) is 23.3 Å². The minimum absolute atomic E-state index is 0.316. The van der Waals surface area contributed by atoms with E-state index >= 15 is 0 Å². The van der Waals surface area contributed by atoms with Crippen molar-refractivity contribution in [2.75, 3.05) is 6.61 Å². The van der Waals surface area contributed by atoms with Crippen LogP contribution in [-0.2, 0) is 0 Å². The molecule has 2 fully saturated rings. The molecule has 6 rings (SSSR count). The molecule has 2 aliphatic carbocycles. The minimum Gasteiger partial charge on any atom is -0.493 e. The lowest BCUT2D eigenvalue weighted by Gasteiger charge is -2.40. The lowest BCUT2D eigenvalue weighted by atomic mass is 9.99. The van der Waals surface area contributed by atoms with Gasteiger partial charge in [-0.25, -0.2) is 0 Å². The zero-order chi connectivity index (χ0) is 25.0. The minimum atomic E-state index is -0.316. The molecule has 2 aliphatic rings. The third kappa shape index (κ3) is 4.95. The summed E-state index contributed by atoms with van der Waals surface area (Å²) in [5.41, 5.74) is 5.67. The van der Waals surface area contributed by atoms with Gasteiger partial charge in [-0.05, 0) is 67.7 Å². The zero-order valence-corrected chi connectivity index (χ0v) is 23.4. The van der Waals surface area contributed by atoms with Gasteiger partial charge in [-0.1, -0.05) is 102 Å². The largest absolute Gasteiger partial charge is 0.493 e. The molecule has 3 aromatic carbocycles. The molecule has 2 nitrogen and oxygen atoms in total. The number of rotatable bonds is 8. The summed E-state index contributed by atoms with van der Waals surface area (Å²) >= 11 is 0. The molecule has 0 N–H and O–H groups in total. The predicted octanol–water partition coefficient (Wildman–Crippen LogP) is 9.74. The third-order valence-corrected chi connectivity index (χ3v) is 12.3. The smallest absolute Gasteiger partial charge is 0.129 e. The van der Waals surface area contributed by atoms with Crippen molar-refractivity contribution in [3.8, 4) is 11.4 Å². The number of benzene rings is 3. The normalized spacial score (nSPS) is 17.7. The van der Waals surface area contributed by atoms with Crippen molar-refractivity contribution >= 4 is 35.0 Å². The van der Waals surface area contributed by atoms with Crippen LogP contribution in [0.3, 0.4) is 0 Å². The standard InChI is InChI=1S/C34H42NOP/c1-2-3-25-36-33-24-14-23-32(35-30-21-12-10-19-28(30)29-20-11-13-22-31(29)35)34(33)37(26-15-6-4-7-16-26)27-17-8-5-9-18-27/h10-14,19-24,26-27H,2-9,15-18,25H2,1H3. The molecular formula is C34H42NOP. The maximum Gasteiger partial charge on any atom is 0.129 e. The van der Waals surface area contributed by atoms with E-state index in [0.717, 1.165) is 24.3 Å². The molecule has 194 valence electrons. The van der Waals surface area contributed by atoms with Crippen LogP contribution < -0.4 is 10.0 Å². The van der Waals surface area contributed by atoms with E-state index < -0.39 is 0 Å². The van der Waals surface area contributed by atoms with E-state index in [1.54, 1.807) is 5.30 Å². The van der Waals surface area contributed by atoms with E-state index in [4.69, 9.17) is 4.74 Å². The Morgan fingerprint density at radius 3 is 1.84 bits per heavy atom. The summed E-state index contributed by atoms with van der Waals surface area (Å²) in [4.78, 5) is 0. The van der Waals surface area contributed by atoms with Gasteiger partial charge in [0.2, 0.25) is 0 Å². The van der Waals surface area contributed by atoms with Crippen LogP contribution in [-0.4, -0.2) is 22.5 Å². The highest BCUT2D eigenvalue weighted by molar-refractivity contribution is 7.67. The van der Waals surface area contributed by atoms with E-state index in [0.29, 0.717) is 0 Å². The van der Waals surface area contributed by atoms with Crippen LogP contribution in [0.1, 0.15) is 84.0 Å². The molecule has 1 aromatic heterocycles. The Balaban J connectivity index is 1.59. The van der Waals surface area contributed by atoms with Gasteiger partial charge in [0.1, 0.15) is 5.75 Å². The van der Waals surface area contributed by atoms with E-state index in [1.165, 1.54) is 104 Å². The maximum absolute atomic E-state index is 6.71. The van der Waals surface area contributed by atoms with E-state index in [2.05, 4.69) is 78.2 Å². The Morgan fingerprint density at radius 1 is 0.703 bits per heavy atom. The van der Waals surface area contributed by atoms with Crippen molar-refractivity contribution in [3.05, 3.63) is 66.7 Å². The summed E-state index contributed by atoms with van der Waals surface area (Å²) < 4.78 is 9.28. The van der Waals surface area contributed by atoms with Gasteiger partial charge in [-0.3, -0.25) is 0 Å². The zero-order valence-electron chi connectivity index (χ0n) is 22.5. The number of aromatic nitrogens is 1. The Hall–Kier alpha value is -2.31. The Labute approximate surface area is 224 Å². The highest BCUT2D eigenvalue weighted by atomic mass is 31.1. The van der Waals surface area contributed by atoms with Gasteiger partial charge in [0.25, 0.3) is 0 Å². The molecule has 1 heterocycles. The molecule has 0 aliphatic heterocycles. The maximum atomic E-state index is 6.71. The van der Waals surface area contributed by atoms with E-state index in [9.17, 15) is 0 Å². The lowest BCUT2D eigenvalue weighted by molar-refractivity contribution is 0.311. The fraction of sp³-hybridized carbons (Fsp3) is 0.471. The summed E-state index contributed by atoms with van der Waals surface area (Å²) in [5.74, 6) is 1.18. The quantitative estimate of drug-likeness (QED) is 0.170. The van der Waals surface area contributed by atoms with Gasteiger partial charge in [0.15, 0.2) is 0 Å². The second kappa shape index (κ2) is 11.6. The molecule has 0 radical (unpaired) electrons. The third-order valence-electron chi connectivity index (χ3n) is 8.75. The molecule has 0 bridgehead atoms. The molecule has 0 amide bonds. The summed E-state index contributed by atoms with van der Waals surface area (Å²) in [6, 6.07) is 24.9. The van der Waals surface area contributed by atoms with Crippen molar-refractivity contribution in [1.82, 2.24) is 4.57 Å². The average Bonchev–Trinajstić information content (AvgIpc) is 3.29. The van der Waals surface area contributed by atoms with Crippen molar-refractivity contribution < 1.29 is 4.74 Å². The first-order valence-corrected chi connectivity index (χ1v) is 16.4. The van der Waals surface area contributed by atoms with Crippen molar-refractivity contribution in [3.63, 3.8) is 0 Å². The summed E-state index contributed by atoms with van der Waals surface area (Å²) in [5, 5.41) is 4.26. The topological polar surface area (TPSA) is 14.2 Å². The number of fused-ring (bicyclic) bond motifs is 3. The van der Waals surface area contributed by atoms with E-state index in [-0.39, 0.29) is 7.92 Å². The fourth-order valence-corrected chi connectivity index (χ4v) is 11.0. The summed E-state index contributed by atoms with van der Waals surface area (Å²) in [6.07, 6.45) is 16.3. The number of hydrogen-bond acceptors (Lipinski definition) is 1. The highest BCUT2D eigenvalue weighted by Gasteiger charge is 2.36. The van der Waals surface area contributed by atoms with Crippen LogP contribution in [0.5, 0.6) is 5.75 Å². The number of para-hydroxylation sites is 2. The highest BCUT2D eigenvalue weighted by Crippen LogP contribution is 2.57. The Bertz CT molecular complexity index is 1260. The summed E-state index contributed by atoms with van der Waals surface area (Å²) in [6.45, 7) is 3.08. The Morgan fingerprint density at radius 2 is 1.27 bits per heavy atom. The molecule has 2 saturated carbocycles. The molecule has 0 atom stereocenters. The van der Waals surface area contributed by atoms with Crippen molar-refractivity contribution in [2.45, 2.75) is 95.3 Å². The monoisotopic (exact) mass is 511 g/mol. The first kappa shape index (κ1) is 25.0. The van der Waals surface area contributed by atoms with Gasteiger partial charge in [-0.2, -0.15) is 0 Å². The number of ether oxygens (including phenoxy) is 1. The predicted molar refractivity (Wildman–Crippen MR) is 161 cm³/mol. The average molecular weight is 512 g/mol. The summed E-state index contributed by atoms with van der Waals surface area (Å²) in [7, 11) is -0.316. The van der Waals surface area contributed by atoms with Crippen LogP contribution >= 0.6 is 7.92 Å². The molecule has 0 unspecified atom stereocenters. The van der Waals surface area contributed by atoms with Crippen LogP contribution in [0, 0.1) is 0 Å². The number of hydrogen-bond donors (Lipinski definition) is 0. The lowest BCUT2D eigenvalue weighted by Crippen LogP contribution is -2.29. The fourth-order valence-electron chi connectivity index (χ4n) is 6.96. The van der Waals surface area contributed by atoms with Gasteiger partial charge < -0.3 is 9.30 Å². The number of nitrogens with zero attached hydrogens (tertiary/aromatic N) is 1. The van der Waals surface area contributed by atoms with Crippen LogP contribution in [0.15, 0.2) is 66.7 Å². The van der Waals surface area contributed by atoms with Gasteiger partial charge in [0, 0.05) is 16.1 Å². The Kier molecular flexibility index (Phi) is 7.84. The second-order valence-corrected chi connectivity index (χ2v) is 13.9. The van der Waals surface area contributed by atoms with Crippen molar-refractivity contribution in [2.24, 2.45) is 0 Å². The number of unbranched alkanes of at least 4 members (excludes halogenated alkanes) is 1. The van der Waals surface area contributed by atoms with Crippen LogP contribution in [0.4, 0.5) is 0 Å². The van der Waals surface area contributed by atoms with Crippen molar-refractivity contribution in [1.29, 1.82) is 0 Å². The molecular weight excluding hydrogens is 469 g/mol. The molecule has 37 heavy (non-hydrogen) atoms. The first-order valence-electron chi connectivity index (χ1n) is 14.9. The van der Waals surface area contributed by atoms with E-state index in [1.807, 2.05) is 0 Å². The first-order chi connectivity index (χ1) is 18.4. The SMILES string of the molecule is CCCCOc1cccc(-n2c3ccccc3c3ccccc32)c1P(C1CCCCC1)C1CCCCC1.